The molecule has 11 heteroatoms. The molecule has 0 radical (unpaired) electrons. The van der Waals surface area contributed by atoms with Gasteiger partial charge >= 0.3 is 6.18 Å². The second kappa shape index (κ2) is 7.60. The van der Waals surface area contributed by atoms with Crippen LogP contribution in [-0.4, -0.2) is 29.0 Å². The second-order valence-electron chi connectivity index (χ2n) is 6.66. The Labute approximate surface area is 173 Å². The van der Waals surface area contributed by atoms with E-state index in [1.807, 2.05) is 0 Å². The van der Waals surface area contributed by atoms with Crippen molar-refractivity contribution in [2.24, 2.45) is 0 Å². The molecule has 1 aromatic carbocycles. The van der Waals surface area contributed by atoms with Gasteiger partial charge in [-0.1, -0.05) is 11.6 Å². The first-order valence-corrected chi connectivity index (χ1v) is 9.24. The minimum absolute atomic E-state index is 0.0348. The smallest absolute Gasteiger partial charge is 0.410 e. The van der Waals surface area contributed by atoms with Gasteiger partial charge in [0.1, 0.15) is 22.9 Å². The van der Waals surface area contributed by atoms with E-state index in [9.17, 15) is 18.0 Å². The number of ether oxygens (including phenoxy) is 1. The van der Waals surface area contributed by atoms with Gasteiger partial charge < -0.3 is 19.8 Å². The van der Waals surface area contributed by atoms with E-state index >= 15 is 0 Å². The molecule has 2 aromatic heterocycles. The monoisotopic (exact) mass is 440 g/mol. The summed E-state index contributed by atoms with van der Waals surface area (Å²) in [7, 11) is 1.46. The lowest BCUT2D eigenvalue weighted by atomic mass is 10.0. The molecule has 1 amide bonds. The van der Waals surface area contributed by atoms with Gasteiger partial charge in [0.15, 0.2) is 6.04 Å². The molecule has 0 saturated carbocycles. The number of benzene rings is 1. The first-order chi connectivity index (χ1) is 14.3. The summed E-state index contributed by atoms with van der Waals surface area (Å²) in [4.78, 5) is 12.8. The van der Waals surface area contributed by atoms with Crippen molar-refractivity contribution in [2.75, 3.05) is 17.7 Å². The van der Waals surface area contributed by atoms with Crippen LogP contribution in [-0.2, 0) is 0 Å². The van der Waals surface area contributed by atoms with E-state index in [0.29, 0.717) is 17.2 Å². The molecule has 3 aromatic rings. The van der Waals surface area contributed by atoms with Crippen LogP contribution in [0.15, 0.2) is 47.2 Å². The fraction of sp³-hybridized carbons (Fsp3) is 0.263. The first kappa shape index (κ1) is 20.1. The number of furan rings is 1. The van der Waals surface area contributed by atoms with E-state index in [0.717, 1.165) is 10.9 Å². The Balaban J connectivity index is 1.65. The molecule has 30 heavy (non-hydrogen) atoms. The lowest BCUT2D eigenvalue weighted by Gasteiger charge is -2.32. The Bertz CT molecular complexity index is 1070. The molecule has 1 aliphatic heterocycles. The fourth-order valence-corrected chi connectivity index (χ4v) is 3.61. The van der Waals surface area contributed by atoms with Crippen LogP contribution in [0.3, 0.4) is 0 Å². The maximum atomic E-state index is 13.7. The van der Waals surface area contributed by atoms with Crippen molar-refractivity contribution in [1.29, 1.82) is 0 Å². The van der Waals surface area contributed by atoms with Crippen LogP contribution in [0.1, 0.15) is 34.6 Å². The first-order valence-electron chi connectivity index (χ1n) is 8.87. The quantitative estimate of drug-likeness (QED) is 0.593. The van der Waals surface area contributed by atoms with Crippen molar-refractivity contribution in [2.45, 2.75) is 24.7 Å². The van der Waals surface area contributed by atoms with Gasteiger partial charge in [-0.25, -0.2) is 4.68 Å². The number of carbonyl (C=O) groups is 1. The van der Waals surface area contributed by atoms with Gasteiger partial charge in [0.05, 0.1) is 30.6 Å². The average Bonchev–Trinajstić information content (AvgIpc) is 3.36. The molecule has 0 unspecified atom stereocenters. The lowest BCUT2D eigenvalue weighted by molar-refractivity contribution is -0.174. The number of anilines is 2. The van der Waals surface area contributed by atoms with Crippen molar-refractivity contribution in [1.82, 2.24) is 9.78 Å². The van der Waals surface area contributed by atoms with Crippen LogP contribution >= 0.6 is 11.6 Å². The number of nitrogens with zero attached hydrogens (tertiary/aromatic N) is 2. The zero-order valence-electron chi connectivity index (χ0n) is 15.5. The zero-order valence-corrected chi connectivity index (χ0v) is 16.3. The van der Waals surface area contributed by atoms with E-state index < -0.39 is 24.2 Å². The van der Waals surface area contributed by atoms with Gasteiger partial charge in [-0.15, -0.1) is 0 Å². The summed E-state index contributed by atoms with van der Waals surface area (Å²) >= 11 is 6.06. The van der Waals surface area contributed by atoms with E-state index in [4.69, 9.17) is 20.8 Å². The SMILES string of the molecule is COc1ccc(NC(=O)c2cnn3c2N[C@@H](c2ccco2)C[C@@H]3C(F)(F)F)cc1Cl. The zero-order chi connectivity index (χ0) is 21.5. The number of aromatic nitrogens is 2. The average molecular weight is 441 g/mol. The fourth-order valence-electron chi connectivity index (χ4n) is 3.35. The van der Waals surface area contributed by atoms with Gasteiger partial charge in [-0.3, -0.25) is 4.79 Å². The molecule has 2 N–H and O–H groups in total. The number of amides is 1. The normalized spacial score (nSPS) is 18.4. The molecule has 7 nitrogen and oxygen atoms in total. The summed E-state index contributed by atoms with van der Waals surface area (Å²) in [6.45, 7) is 0. The molecule has 4 rings (SSSR count). The number of carbonyl (C=O) groups excluding carboxylic acids is 1. The Morgan fingerprint density at radius 3 is 2.83 bits per heavy atom. The number of hydrogen-bond donors (Lipinski definition) is 2. The van der Waals surface area contributed by atoms with Crippen LogP contribution in [0.25, 0.3) is 0 Å². The van der Waals surface area contributed by atoms with Crippen molar-refractivity contribution in [3.8, 4) is 5.75 Å². The Kier molecular flexibility index (Phi) is 5.10. The van der Waals surface area contributed by atoms with Crippen LogP contribution in [0, 0.1) is 0 Å². The Morgan fingerprint density at radius 1 is 1.40 bits per heavy atom. The number of fused-ring (bicyclic) bond motifs is 1. The predicted molar refractivity (Wildman–Crippen MR) is 103 cm³/mol. The summed E-state index contributed by atoms with van der Waals surface area (Å²) in [5.41, 5.74) is 0.323. The highest BCUT2D eigenvalue weighted by Gasteiger charge is 2.47. The maximum Gasteiger partial charge on any atom is 0.410 e. The van der Waals surface area contributed by atoms with Crippen molar-refractivity contribution < 1.29 is 27.1 Å². The minimum Gasteiger partial charge on any atom is -0.495 e. The molecular weight excluding hydrogens is 425 g/mol. The third kappa shape index (κ3) is 3.70. The Hall–Kier alpha value is -3.14. The molecule has 0 bridgehead atoms. The minimum atomic E-state index is -4.55. The van der Waals surface area contributed by atoms with Gasteiger partial charge in [0.2, 0.25) is 0 Å². The van der Waals surface area contributed by atoms with Gasteiger partial charge in [0, 0.05) is 12.1 Å². The molecule has 3 heterocycles. The van der Waals surface area contributed by atoms with Crippen LogP contribution in [0.2, 0.25) is 5.02 Å². The number of halogens is 4. The predicted octanol–water partition coefficient (Wildman–Crippen LogP) is 5.05. The summed E-state index contributed by atoms with van der Waals surface area (Å²) in [5, 5.41) is 9.66. The van der Waals surface area contributed by atoms with E-state index in [1.165, 1.54) is 19.4 Å². The standard InChI is InChI=1S/C19H16ClF3N4O3/c1-29-14-5-4-10(7-12(14)20)25-18(28)11-9-24-27-16(19(21,22)23)8-13(26-17(11)27)15-3-2-6-30-15/h2-7,9,13,16,26H,8H2,1H3,(H,25,28)/t13-,16-/m1/s1. The number of rotatable bonds is 4. The van der Waals surface area contributed by atoms with E-state index in [1.54, 1.807) is 24.3 Å². The molecule has 0 spiro atoms. The highest BCUT2D eigenvalue weighted by molar-refractivity contribution is 6.32. The molecule has 0 fully saturated rings. The van der Waals surface area contributed by atoms with E-state index in [-0.39, 0.29) is 22.8 Å². The van der Waals surface area contributed by atoms with Gasteiger partial charge in [-0.2, -0.15) is 18.3 Å². The van der Waals surface area contributed by atoms with Crippen LogP contribution < -0.4 is 15.4 Å². The van der Waals surface area contributed by atoms with Crippen LogP contribution in [0.5, 0.6) is 5.75 Å². The summed E-state index contributed by atoms with van der Waals surface area (Å²) < 4.78 is 52.1. The topological polar surface area (TPSA) is 81.3 Å². The third-order valence-electron chi connectivity index (χ3n) is 4.78. The maximum absolute atomic E-state index is 13.7. The molecule has 0 saturated heterocycles. The summed E-state index contributed by atoms with van der Waals surface area (Å²) in [5.74, 6) is 0.0895. The second-order valence-corrected chi connectivity index (χ2v) is 7.07. The molecule has 2 atom stereocenters. The van der Waals surface area contributed by atoms with Crippen molar-refractivity contribution >= 4 is 29.0 Å². The number of nitrogens with one attached hydrogen (secondary N) is 2. The molecule has 158 valence electrons. The Morgan fingerprint density at radius 2 is 2.20 bits per heavy atom. The van der Waals surface area contributed by atoms with E-state index in [2.05, 4.69) is 15.7 Å². The highest BCUT2D eigenvalue weighted by atomic mass is 35.5. The summed E-state index contributed by atoms with van der Waals surface area (Å²) in [6.07, 6.45) is -2.38. The largest absolute Gasteiger partial charge is 0.495 e. The number of alkyl halides is 3. The van der Waals surface area contributed by atoms with Gasteiger partial charge in [0.25, 0.3) is 5.91 Å². The van der Waals surface area contributed by atoms with Crippen molar-refractivity contribution in [3.63, 3.8) is 0 Å². The highest BCUT2D eigenvalue weighted by Crippen LogP contribution is 2.44. The lowest BCUT2D eigenvalue weighted by Crippen LogP contribution is -2.36. The molecule has 0 aliphatic carbocycles. The number of hydrogen-bond acceptors (Lipinski definition) is 5. The van der Waals surface area contributed by atoms with Crippen LogP contribution in [0.4, 0.5) is 24.7 Å². The molecular formula is C19H16ClF3N4O3. The third-order valence-corrected chi connectivity index (χ3v) is 5.07. The number of methoxy groups -OCH3 is 1. The summed E-state index contributed by atoms with van der Waals surface area (Å²) in [6, 6.07) is 5.11. The van der Waals surface area contributed by atoms with Gasteiger partial charge in [-0.05, 0) is 30.3 Å². The van der Waals surface area contributed by atoms with Crippen molar-refractivity contribution in [3.05, 3.63) is 59.1 Å². The molecule has 1 aliphatic rings.